The Labute approximate surface area is 160 Å². The average molecular weight is 474 g/mol. The molecule has 0 fully saturated rings. The second kappa shape index (κ2) is 8.91. The first-order valence-corrected chi connectivity index (χ1v) is 9.55. The molecule has 0 aliphatic carbocycles. The highest BCUT2D eigenvalue weighted by molar-refractivity contribution is 9.09. The van der Waals surface area contributed by atoms with Gasteiger partial charge in [0, 0.05) is 46.1 Å². The number of halogens is 2. The lowest BCUT2D eigenvalue weighted by atomic mass is 10.1. The van der Waals surface area contributed by atoms with E-state index in [9.17, 15) is 20.2 Å². The van der Waals surface area contributed by atoms with Crippen LogP contribution in [0.2, 0.25) is 0 Å². The van der Waals surface area contributed by atoms with Crippen molar-refractivity contribution in [3.63, 3.8) is 0 Å². The predicted molar refractivity (Wildman–Crippen MR) is 101 cm³/mol. The number of nitro benzene ring substituents is 2. The van der Waals surface area contributed by atoms with Crippen LogP contribution in [-0.4, -0.2) is 20.5 Å². The van der Waals surface area contributed by atoms with Crippen LogP contribution in [0.1, 0.15) is 11.1 Å². The molecule has 0 aromatic heterocycles. The lowest BCUT2D eigenvalue weighted by molar-refractivity contribution is -0.385. The molecule has 2 aromatic rings. The van der Waals surface area contributed by atoms with Crippen LogP contribution in [0.25, 0.3) is 0 Å². The molecule has 2 rings (SSSR count). The van der Waals surface area contributed by atoms with Crippen molar-refractivity contribution in [2.75, 3.05) is 10.7 Å². The summed E-state index contributed by atoms with van der Waals surface area (Å²) < 4.78 is 5.93. The van der Waals surface area contributed by atoms with E-state index in [1.54, 1.807) is 12.1 Å². The molecule has 0 saturated heterocycles. The van der Waals surface area contributed by atoms with Crippen LogP contribution in [-0.2, 0) is 12.8 Å². The third-order valence-electron chi connectivity index (χ3n) is 3.46. The van der Waals surface area contributed by atoms with Gasteiger partial charge < -0.3 is 4.74 Å². The molecule has 0 bridgehead atoms. The standard InChI is InChI=1S/C16H14Br2N2O5/c17-7-5-11-9-13(19(21)22)1-3-15(11)25-16-4-2-14(20(23)24)10-12(16)6-8-18/h1-4,9-10H,5-8H2. The summed E-state index contributed by atoms with van der Waals surface area (Å²) in [7, 11) is 0. The van der Waals surface area contributed by atoms with Crippen molar-refractivity contribution in [2.24, 2.45) is 0 Å². The van der Waals surface area contributed by atoms with Crippen LogP contribution in [0, 0.1) is 20.2 Å². The summed E-state index contributed by atoms with van der Waals surface area (Å²) in [4.78, 5) is 21.0. The molecule has 0 saturated carbocycles. The Morgan fingerprint density at radius 3 is 1.52 bits per heavy atom. The summed E-state index contributed by atoms with van der Waals surface area (Å²) in [5.41, 5.74) is 1.36. The number of rotatable bonds is 8. The molecule has 25 heavy (non-hydrogen) atoms. The van der Waals surface area contributed by atoms with Crippen LogP contribution in [0.15, 0.2) is 36.4 Å². The number of ether oxygens (including phenoxy) is 1. The second-order valence-corrected chi connectivity index (χ2v) is 6.66. The first-order chi connectivity index (χ1) is 12.0. The van der Waals surface area contributed by atoms with Gasteiger partial charge in [0.15, 0.2) is 0 Å². The Kier molecular flexibility index (Phi) is 6.89. The van der Waals surface area contributed by atoms with Crippen LogP contribution in [0.3, 0.4) is 0 Å². The minimum Gasteiger partial charge on any atom is -0.457 e. The number of aryl methyl sites for hydroxylation is 2. The number of hydrogen-bond acceptors (Lipinski definition) is 5. The fourth-order valence-electron chi connectivity index (χ4n) is 2.27. The predicted octanol–water partition coefficient (Wildman–Crippen LogP) is 5.17. The van der Waals surface area contributed by atoms with Gasteiger partial charge in [0.1, 0.15) is 11.5 Å². The smallest absolute Gasteiger partial charge is 0.269 e. The van der Waals surface area contributed by atoms with Gasteiger partial charge in [0.05, 0.1) is 9.85 Å². The largest absolute Gasteiger partial charge is 0.457 e. The van der Waals surface area contributed by atoms with E-state index in [0.717, 1.165) is 0 Å². The molecule has 0 N–H and O–H groups in total. The molecule has 0 amide bonds. The van der Waals surface area contributed by atoms with Gasteiger partial charge in [-0.3, -0.25) is 20.2 Å². The SMILES string of the molecule is O=[N+]([O-])c1ccc(Oc2ccc([N+](=O)[O-])cc2CCBr)c(CCBr)c1. The molecule has 0 spiro atoms. The molecule has 0 atom stereocenters. The monoisotopic (exact) mass is 472 g/mol. The second-order valence-electron chi connectivity index (χ2n) is 5.08. The Balaban J connectivity index is 2.41. The highest BCUT2D eigenvalue weighted by Gasteiger charge is 2.16. The maximum Gasteiger partial charge on any atom is 0.269 e. The molecule has 0 aliphatic rings. The van der Waals surface area contributed by atoms with Crippen LogP contribution < -0.4 is 4.74 Å². The summed E-state index contributed by atoms with van der Waals surface area (Å²) in [6, 6.07) is 8.81. The average Bonchev–Trinajstić information content (AvgIpc) is 2.58. The summed E-state index contributed by atoms with van der Waals surface area (Å²) in [6.45, 7) is 0. The highest BCUT2D eigenvalue weighted by atomic mass is 79.9. The fraction of sp³-hybridized carbons (Fsp3) is 0.250. The third kappa shape index (κ3) is 4.99. The van der Waals surface area contributed by atoms with Gasteiger partial charge in [-0.15, -0.1) is 0 Å². The molecule has 2 aromatic carbocycles. The van der Waals surface area contributed by atoms with E-state index < -0.39 is 9.85 Å². The first kappa shape index (κ1) is 19.3. The van der Waals surface area contributed by atoms with Gasteiger partial charge in [-0.1, -0.05) is 31.9 Å². The van der Waals surface area contributed by atoms with Gasteiger partial charge in [-0.25, -0.2) is 0 Å². The van der Waals surface area contributed by atoms with Gasteiger partial charge in [-0.2, -0.15) is 0 Å². The van der Waals surface area contributed by atoms with Crippen molar-refractivity contribution in [3.8, 4) is 11.5 Å². The minimum atomic E-state index is -0.455. The van der Waals surface area contributed by atoms with E-state index in [0.29, 0.717) is 46.1 Å². The van der Waals surface area contributed by atoms with Gasteiger partial charge in [0.2, 0.25) is 0 Å². The number of hydrogen-bond donors (Lipinski definition) is 0. The molecular formula is C16H14Br2N2O5. The van der Waals surface area contributed by atoms with Crippen molar-refractivity contribution in [1.29, 1.82) is 0 Å². The summed E-state index contributed by atoms with van der Waals surface area (Å²) in [5, 5.41) is 23.2. The number of benzene rings is 2. The Morgan fingerprint density at radius 2 is 1.20 bits per heavy atom. The number of nitrogens with zero attached hydrogens (tertiary/aromatic N) is 2. The van der Waals surface area contributed by atoms with Crippen LogP contribution in [0.4, 0.5) is 11.4 Å². The molecule has 9 heteroatoms. The zero-order valence-corrected chi connectivity index (χ0v) is 16.2. The number of nitro groups is 2. The molecule has 7 nitrogen and oxygen atoms in total. The van der Waals surface area contributed by atoms with Crippen molar-refractivity contribution >= 4 is 43.2 Å². The van der Waals surface area contributed by atoms with E-state index in [1.165, 1.54) is 24.3 Å². The number of non-ortho nitro benzene ring substituents is 2. The normalized spacial score (nSPS) is 10.5. The summed E-state index contributed by atoms with van der Waals surface area (Å²) in [6.07, 6.45) is 1.11. The summed E-state index contributed by atoms with van der Waals surface area (Å²) >= 11 is 6.65. The molecule has 0 heterocycles. The zero-order valence-electron chi connectivity index (χ0n) is 13.0. The third-order valence-corrected chi connectivity index (χ3v) is 4.25. The zero-order chi connectivity index (χ0) is 18.4. The topological polar surface area (TPSA) is 95.5 Å². The van der Waals surface area contributed by atoms with Gasteiger partial charge in [-0.05, 0) is 25.0 Å². The van der Waals surface area contributed by atoms with E-state index in [1.807, 2.05) is 0 Å². The summed E-state index contributed by atoms with van der Waals surface area (Å²) in [5.74, 6) is 0.990. The van der Waals surface area contributed by atoms with Crippen LogP contribution >= 0.6 is 31.9 Å². The fourth-order valence-corrected chi connectivity index (χ4v) is 3.13. The lowest BCUT2D eigenvalue weighted by Crippen LogP contribution is -1.99. The van der Waals surface area contributed by atoms with E-state index in [-0.39, 0.29) is 11.4 Å². The van der Waals surface area contributed by atoms with Crippen molar-refractivity contribution in [2.45, 2.75) is 12.8 Å². The van der Waals surface area contributed by atoms with Crippen LogP contribution in [0.5, 0.6) is 11.5 Å². The van der Waals surface area contributed by atoms with Crippen molar-refractivity contribution in [3.05, 3.63) is 67.8 Å². The maximum atomic E-state index is 11.0. The molecule has 132 valence electrons. The van der Waals surface area contributed by atoms with Crippen molar-refractivity contribution in [1.82, 2.24) is 0 Å². The highest BCUT2D eigenvalue weighted by Crippen LogP contribution is 2.33. The van der Waals surface area contributed by atoms with Crippen molar-refractivity contribution < 1.29 is 14.6 Å². The van der Waals surface area contributed by atoms with Gasteiger partial charge >= 0.3 is 0 Å². The minimum absolute atomic E-state index is 0.00678. The quantitative estimate of drug-likeness (QED) is 0.299. The molecular weight excluding hydrogens is 460 g/mol. The molecule has 0 radical (unpaired) electrons. The van der Waals surface area contributed by atoms with Gasteiger partial charge in [0.25, 0.3) is 11.4 Å². The van der Waals surface area contributed by atoms with E-state index in [2.05, 4.69) is 31.9 Å². The Bertz CT molecular complexity index is 733. The Hall–Kier alpha value is -2.00. The molecule has 0 aliphatic heterocycles. The first-order valence-electron chi connectivity index (χ1n) is 7.30. The lowest BCUT2D eigenvalue weighted by Gasteiger charge is -2.13. The number of alkyl halides is 2. The van der Waals surface area contributed by atoms with E-state index in [4.69, 9.17) is 4.74 Å². The Morgan fingerprint density at radius 1 is 0.800 bits per heavy atom. The van der Waals surface area contributed by atoms with E-state index >= 15 is 0 Å². The molecule has 0 unspecified atom stereocenters. The maximum absolute atomic E-state index is 11.0.